The Morgan fingerprint density at radius 1 is 1.03 bits per heavy atom. The summed E-state index contributed by atoms with van der Waals surface area (Å²) in [5.41, 5.74) is 4.35. The average molecular weight is 486 g/mol. The first-order chi connectivity index (χ1) is 16.6. The summed E-state index contributed by atoms with van der Waals surface area (Å²) in [4.78, 5) is 17.3. The molecule has 0 radical (unpaired) electrons. The lowest BCUT2D eigenvalue weighted by molar-refractivity contribution is -0.113. The summed E-state index contributed by atoms with van der Waals surface area (Å²) in [7, 11) is 1.61. The van der Waals surface area contributed by atoms with Gasteiger partial charge < -0.3 is 10.1 Å². The van der Waals surface area contributed by atoms with E-state index in [9.17, 15) is 10.1 Å². The lowest BCUT2D eigenvalue weighted by atomic mass is 9.99. The summed E-state index contributed by atoms with van der Waals surface area (Å²) in [6.45, 7) is 0. The zero-order valence-electron chi connectivity index (χ0n) is 18.3. The predicted molar refractivity (Wildman–Crippen MR) is 137 cm³/mol. The largest absolute Gasteiger partial charge is 0.497 e. The number of nitriles is 1. The number of thioether (sulfide) groups is 1. The van der Waals surface area contributed by atoms with E-state index in [4.69, 9.17) is 21.3 Å². The molecule has 0 saturated heterocycles. The smallest absolute Gasteiger partial charge is 0.234 e. The number of methoxy groups -OCH3 is 1. The van der Waals surface area contributed by atoms with Gasteiger partial charge in [0.2, 0.25) is 5.91 Å². The molecular formula is C27H20ClN3O2S. The van der Waals surface area contributed by atoms with Crippen molar-refractivity contribution in [2.45, 2.75) is 5.03 Å². The van der Waals surface area contributed by atoms with Crippen LogP contribution in [0.1, 0.15) is 5.56 Å². The maximum absolute atomic E-state index is 12.6. The van der Waals surface area contributed by atoms with Crippen molar-refractivity contribution in [3.05, 3.63) is 95.5 Å². The van der Waals surface area contributed by atoms with Crippen molar-refractivity contribution in [1.29, 1.82) is 5.26 Å². The number of anilines is 1. The van der Waals surface area contributed by atoms with E-state index in [0.29, 0.717) is 21.3 Å². The van der Waals surface area contributed by atoms with Crippen LogP contribution in [-0.4, -0.2) is 23.8 Å². The van der Waals surface area contributed by atoms with Crippen LogP contribution in [0.3, 0.4) is 0 Å². The van der Waals surface area contributed by atoms with E-state index in [1.807, 2.05) is 60.7 Å². The molecule has 1 amide bonds. The van der Waals surface area contributed by atoms with Gasteiger partial charge in [-0.2, -0.15) is 5.26 Å². The predicted octanol–water partition coefficient (Wildman–Crippen LogP) is 6.68. The van der Waals surface area contributed by atoms with Crippen molar-refractivity contribution in [2.75, 3.05) is 18.2 Å². The highest BCUT2D eigenvalue weighted by atomic mass is 35.5. The van der Waals surface area contributed by atoms with Gasteiger partial charge in [0.05, 0.1) is 24.1 Å². The van der Waals surface area contributed by atoms with E-state index in [1.165, 1.54) is 11.8 Å². The minimum atomic E-state index is -0.200. The fourth-order valence-corrected chi connectivity index (χ4v) is 4.28. The molecule has 7 heteroatoms. The van der Waals surface area contributed by atoms with Crippen LogP contribution in [0.4, 0.5) is 5.69 Å². The Hall–Kier alpha value is -3.79. The standard InChI is InChI=1S/C27H20ClN3O2S/c1-33-22-13-7-18(8-14-22)23-15-25(19-5-3-2-4-6-19)31-27(24(23)16-29)34-17-26(32)30-21-11-9-20(28)10-12-21/h2-15H,17H2,1H3,(H,30,32). The van der Waals surface area contributed by atoms with E-state index >= 15 is 0 Å². The zero-order valence-corrected chi connectivity index (χ0v) is 19.9. The van der Waals surface area contributed by atoms with Gasteiger partial charge in [0.25, 0.3) is 0 Å². The van der Waals surface area contributed by atoms with Crippen LogP contribution in [0.15, 0.2) is 90.0 Å². The van der Waals surface area contributed by atoms with Crippen LogP contribution in [0.5, 0.6) is 5.75 Å². The van der Waals surface area contributed by atoms with Crippen LogP contribution >= 0.6 is 23.4 Å². The number of benzene rings is 3. The fraction of sp³-hybridized carbons (Fsp3) is 0.0741. The summed E-state index contributed by atoms with van der Waals surface area (Å²) < 4.78 is 5.27. The Balaban J connectivity index is 1.67. The third kappa shape index (κ3) is 5.57. The summed E-state index contributed by atoms with van der Waals surface area (Å²) in [6.07, 6.45) is 0. The molecule has 0 fully saturated rings. The molecule has 168 valence electrons. The van der Waals surface area contributed by atoms with E-state index in [1.54, 1.807) is 31.4 Å². The van der Waals surface area contributed by atoms with E-state index in [-0.39, 0.29) is 11.7 Å². The highest BCUT2D eigenvalue weighted by Crippen LogP contribution is 2.35. The normalized spacial score (nSPS) is 10.4. The first kappa shape index (κ1) is 23.4. The molecule has 0 aliphatic rings. The van der Waals surface area contributed by atoms with Gasteiger partial charge in [0, 0.05) is 21.8 Å². The molecule has 4 aromatic rings. The second kappa shape index (κ2) is 10.9. The molecular weight excluding hydrogens is 466 g/mol. The molecule has 0 spiro atoms. The number of carbonyl (C=O) groups is 1. The molecule has 0 aliphatic heterocycles. The number of hydrogen-bond acceptors (Lipinski definition) is 5. The topological polar surface area (TPSA) is 75.0 Å². The SMILES string of the molecule is COc1ccc(-c2cc(-c3ccccc3)nc(SCC(=O)Nc3ccc(Cl)cc3)c2C#N)cc1. The van der Waals surface area contributed by atoms with Crippen LogP contribution in [0.2, 0.25) is 5.02 Å². The van der Waals surface area contributed by atoms with Gasteiger partial charge in [-0.1, -0.05) is 65.8 Å². The first-order valence-electron chi connectivity index (χ1n) is 10.4. The molecule has 5 nitrogen and oxygen atoms in total. The minimum Gasteiger partial charge on any atom is -0.497 e. The molecule has 1 N–H and O–H groups in total. The van der Waals surface area contributed by atoms with Crippen LogP contribution in [0, 0.1) is 11.3 Å². The number of halogens is 1. The maximum Gasteiger partial charge on any atom is 0.234 e. The molecule has 4 rings (SSSR count). The molecule has 0 atom stereocenters. The molecule has 1 aromatic heterocycles. The summed E-state index contributed by atoms with van der Waals surface area (Å²) in [6, 6.07) is 28.4. The second-order valence-electron chi connectivity index (χ2n) is 7.29. The number of hydrogen-bond donors (Lipinski definition) is 1. The molecule has 1 heterocycles. The van der Waals surface area contributed by atoms with E-state index in [2.05, 4.69) is 11.4 Å². The molecule has 34 heavy (non-hydrogen) atoms. The fourth-order valence-electron chi connectivity index (χ4n) is 3.35. The Labute approximate surface area is 207 Å². The minimum absolute atomic E-state index is 0.102. The van der Waals surface area contributed by atoms with Gasteiger partial charge in [-0.3, -0.25) is 4.79 Å². The third-order valence-electron chi connectivity index (χ3n) is 5.04. The van der Waals surface area contributed by atoms with Gasteiger partial charge in [0.15, 0.2) is 0 Å². The summed E-state index contributed by atoms with van der Waals surface area (Å²) in [5.74, 6) is 0.632. The lowest BCUT2D eigenvalue weighted by Gasteiger charge is -2.13. The van der Waals surface area contributed by atoms with Gasteiger partial charge in [-0.25, -0.2) is 4.98 Å². The highest BCUT2D eigenvalue weighted by Gasteiger charge is 2.17. The van der Waals surface area contributed by atoms with Crippen LogP contribution in [-0.2, 0) is 4.79 Å². The average Bonchev–Trinajstić information content (AvgIpc) is 2.88. The first-order valence-corrected chi connectivity index (χ1v) is 11.8. The number of carbonyl (C=O) groups excluding carboxylic acids is 1. The number of ether oxygens (including phenoxy) is 1. The maximum atomic E-state index is 12.6. The lowest BCUT2D eigenvalue weighted by Crippen LogP contribution is -2.14. The monoisotopic (exact) mass is 485 g/mol. The zero-order chi connectivity index (χ0) is 23.9. The highest BCUT2D eigenvalue weighted by molar-refractivity contribution is 8.00. The number of rotatable bonds is 7. The van der Waals surface area contributed by atoms with Crippen molar-refractivity contribution < 1.29 is 9.53 Å². The Kier molecular flexibility index (Phi) is 7.48. The Bertz CT molecular complexity index is 1340. The van der Waals surface area contributed by atoms with Gasteiger partial charge >= 0.3 is 0 Å². The van der Waals surface area contributed by atoms with Gasteiger partial charge in [-0.05, 0) is 48.0 Å². The Morgan fingerprint density at radius 3 is 2.38 bits per heavy atom. The van der Waals surface area contributed by atoms with Crippen LogP contribution < -0.4 is 10.1 Å². The summed E-state index contributed by atoms with van der Waals surface area (Å²) in [5, 5.41) is 13.9. The van der Waals surface area contributed by atoms with Crippen molar-refractivity contribution in [3.8, 4) is 34.2 Å². The molecule has 0 aliphatic carbocycles. The van der Waals surface area contributed by atoms with Gasteiger partial charge in [0.1, 0.15) is 16.8 Å². The summed E-state index contributed by atoms with van der Waals surface area (Å²) >= 11 is 7.14. The number of amides is 1. The third-order valence-corrected chi connectivity index (χ3v) is 6.26. The van der Waals surface area contributed by atoms with Crippen molar-refractivity contribution in [3.63, 3.8) is 0 Å². The Morgan fingerprint density at radius 2 is 1.74 bits per heavy atom. The second-order valence-corrected chi connectivity index (χ2v) is 8.69. The molecule has 3 aromatic carbocycles. The molecule has 0 bridgehead atoms. The number of nitrogens with zero attached hydrogens (tertiary/aromatic N) is 2. The van der Waals surface area contributed by atoms with Gasteiger partial charge in [-0.15, -0.1) is 0 Å². The van der Waals surface area contributed by atoms with Crippen molar-refractivity contribution >= 4 is 35.0 Å². The quantitative estimate of drug-likeness (QED) is 0.295. The van der Waals surface area contributed by atoms with Crippen molar-refractivity contribution in [2.24, 2.45) is 0 Å². The molecule has 0 saturated carbocycles. The van der Waals surface area contributed by atoms with E-state index < -0.39 is 0 Å². The number of nitrogens with one attached hydrogen (secondary N) is 1. The van der Waals surface area contributed by atoms with E-state index in [0.717, 1.165) is 28.1 Å². The van der Waals surface area contributed by atoms with Crippen molar-refractivity contribution in [1.82, 2.24) is 4.98 Å². The molecule has 0 unspecified atom stereocenters. The van der Waals surface area contributed by atoms with Crippen LogP contribution in [0.25, 0.3) is 22.4 Å². The number of pyridine rings is 1. The number of aromatic nitrogens is 1.